The first-order chi connectivity index (χ1) is 12.9. The lowest BCUT2D eigenvalue weighted by Crippen LogP contribution is -2.39. The molecule has 2 heterocycles. The van der Waals surface area contributed by atoms with Gasteiger partial charge < -0.3 is 20.4 Å². The first kappa shape index (κ1) is 21.9. The Morgan fingerprint density at radius 2 is 2.07 bits per heavy atom. The standard InChI is InChI=1S/C17H29F3N6S/c1-3-21-16(23-12-15-24-14(13-27-15)17(18,19)20)22-6-4-8-26-9-5-7-25(2)10-11-26/h13H,3-12H2,1-2H3,(H2,21,22,23). The molecule has 1 saturated heterocycles. The lowest BCUT2D eigenvalue weighted by molar-refractivity contribution is -0.140. The van der Waals surface area contributed by atoms with Crippen LogP contribution in [0, 0.1) is 0 Å². The van der Waals surface area contributed by atoms with Gasteiger partial charge in [-0.1, -0.05) is 0 Å². The molecule has 0 bridgehead atoms. The number of hydrogen-bond acceptors (Lipinski definition) is 5. The van der Waals surface area contributed by atoms with Crippen LogP contribution in [0.25, 0.3) is 0 Å². The predicted octanol–water partition coefficient (Wildman–Crippen LogP) is 2.24. The zero-order valence-corrected chi connectivity index (χ0v) is 16.8. The van der Waals surface area contributed by atoms with Crippen molar-refractivity contribution >= 4 is 17.3 Å². The number of aromatic nitrogens is 1. The van der Waals surface area contributed by atoms with E-state index in [4.69, 9.17) is 0 Å². The van der Waals surface area contributed by atoms with Crippen molar-refractivity contribution in [2.45, 2.75) is 32.5 Å². The third-order valence-electron chi connectivity index (χ3n) is 4.31. The summed E-state index contributed by atoms with van der Waals surface area (Å²) in [5, 5.41) is 7.75. The first-order valence-electron chi connectivity index (χ1n) is 9.33. The summed E-state index contributed by atoms with van der Waals surface area (Å²) < 4.78 is 37.8. The molecule has 1 aromatic heterocycles. The minimum absolute atomic E-state index is 0.133. The SMILES string of the molecule is CCNC(=NCc1nc(C(F)(F)F)cs1)NCCCN1CCCN(C)CC1. The number of aliphatic imine (C=N–C) groups is 1. The van der Waals surface area contributed by atoms with Gasteiger partial charge in [-0.2, -0.15) is 13.2 Å². The lowest BCUT2D eigenvalue weighted by Gasteiger charge is -2.20. The summed E-state index contributed by atoms with van der Waals surface area (Å²) in [5.41, 5.74) is -0.848. The Morgan fingerprint density at radius 1 is 1.26 bits per heavy atom. The van der Waals surface area contributed by atoms with Crippen molar-refractivity contribution in [2.24, 2.45) is 4.99 Å². The van der Waals surface area contributed by atoms with Gasteiger partial charge in [0.2, 0.25) is 0 Å². The van der Waals surface area contributed by atoms with Crippen molar-refractivity contribution in [3.8, 4) is 0 Å². The number of rotatable bonds is 7. The number of nitrogens with one attached hydrogen (secondary N) is 2. The van der Waals surface area contributed by atoms with Crippen LogP contribution in [-0.2, 0) is 12.7 Å². The van der Waals surface area contributed by atoms with Gasteiger partial charge in [0.1, 0.15) is 5.01 Å². The maximum Gasteiger partial charge on any atom is 0.434 e. The molecular weight excluding hydrogens is 377 g/mol. The highest BCUT2D eigenvalue weighted by Crippen LogP contribution is 2.30. The Labute approximate surface area is 162 Å². The molecule has 0 amide bonds. The Bertz CT molecular complexity index is 589. The maximum absolute atomic E-state index is 12.6. The molecule has 0 saturated carbocycles. The molecule has 2 rings (SSSR count). The molecule has 1 aromatic rings. The van der Waals surface area contributed by atoms with Gasteiger partial charge in [-0.3, -0.25) is 0 Å². The largest absolute Gasteiger partial charge is 0.434 e. The highest BCUT2D eigenvalue weighted by molar-refractivity contribution is 7.09. The van der Waals surface area contributed by atoms with Crippen LogP contribution >= 0.6 is 11.3 Å². The summed E-state index contributed by atoms with van der Waals surface area (Å²) in [5.74, 6) is 0.608. The van der Waals surface area contributed by atoms with E-state index < -0.39 is 11.9 Å². The minimum Gasteiger partial charge on any atom is -0.357 e. The number of hydrogen-bond donors (Lipinski definition) is 2. The molecule has 0 unspecified atom stereocenters. The summed E-state index contributed by atoms with van der Waals surface area (Å²) in [6, 6.07) is 0. The topological polar surface area (TPSA) is 55.8 Å². The van der Waals surface area contributed by atoms with Crippen molar-refractivity contribution in [2.75, 3.05) is 52.9 Å². The maximum atomic E-state index is 12.6. The molecule has 0 radical (unpaired) electrons. The Balaban J connectivity index is 1.75. The molecule has 154 valence electrons. The summed E-state index contributed by atoms with van der Waals surface area (Å²) in [6.07, 6.45) is -2.21. The molecule has 0 atom stereocenters. The van der Waals surface area contributed by atoms with E-state index in [-0.39, 0.29) is 6.54 Å². The summed E-state index contributed by atoms with van der Waals surface area (Å²) >= 11 is 0.981. The molecule has 10 heteroatoms. The van der Waals surface area contributed by atoms with Crippen LogP contribution in [0.2, 0.25) is 0 Å². The molecule has 1 aliphatic heterocycles. The second kappa shape index (κ2) is 10.8. The average Bonchev–Trinajstić information content (AvgIpc) is 3.00. The monoisotopic (exact) mass is 406 g/mol. The Morgan fingerprint density at radius 3 is 2.78 bits per heavy atom. The third-order valence-corrected chi connectivity index (χ3v) is 5.15. The summed E-state index contributed by atoms with van der Waals surface area (Å²) in [6.45, 7) is 9.05. The van der Waals surface area contributed by atoms with Gasteiger partial charge in [0.15, 0.2) is 11.7 Å². The van der Waals surface area contributed by atoms with Crippen molar-refractivity contribution in [1.29, 1.82) is 0 Å². The predicted molar refractivity (Wildman–Crippen MR) is 103 cm³/mol. The van der Waals surface area contributed by atoms with Crippen LogP contribution in [-0.4, -0.2) is 73.6 Å². The fourth-order valence-corrected chi connectivity index (χ4v) is 3.56. The number of thiazole rings is 1. The van der Waals surface area contributed by atoms with Crippen molar-refractivity contribution in [3.63, 3.8) is 0 Å². The van der Waals surface area contributed by atoms with Gasteiger partial charge in [0.05, 0.1) is 6.54 Å². The van der Waals surface area contributed by atoms with Gasteiger partial charge in [0.25, 0.3) is 0 Å². The molecule has 27 heavy (non-hydrogen) atoms. The average molecular weight is 407 g/mol. The highest BCUT2D eigenvalue weighted by atomic mass is 32.1. The first-order valence-corrected chi connectivity index (χ1v) is 10.2. The zero-order chi connectivity index (χ0) is 19.7. The van der Waals surface area contributed by atoms with Gasteiger partial charge in [0, 0.05) is 31.6 Å². The number of guanidine groups is 1. The zero-order valence-electron chi connectivity index (χ0n) is 16.0. The molecule has 2 N–H and O–H groups in total. The van der Waals surface area contributed by atoms with Gasteiger partial charge in [-0.05, 0) is 46.4 Å². The van der Waals surface area contributed by atoms with Gasteiger partial charge in [-0.15, -0.1) is 11.3 Å². The van der Waals surface area contributed by atoms with Crippen molar-refractivity contribution in [1.82, 2.24) is 25.4 Å². The smallest absolute Gasteiger partial charge is 0.357 e. The van der Waals surface area contributed by atoms with Crippen LogP contribution in [0.4, 0.5) is 13.2 Å². The number of alkyl halides is 3. The van der Waals surface area contributed by atoms with E-state index in [0.29, 0.717) is 17.5 Å². The van der Waals surface area contributed by atoms with Gasteiger partial charge in [-0.25, -0.2) is 9.98 Å². The molecule has 1 fully saturated rings. The second-order valence-corrected chi connectivity index (χ2v) is 7.54. The van der Waals surface area contributed by atoms with Gasteiger partial charge >= 0.3 is 6.18 Å². The quantitative estimate of drug-likeness (QED) is 0.413. The fraction of sp³-hybridized carbons (Fsp3) is 0.765. The van der Waals surface area contributed by atoms with Crippen molar-refractivity contribution < 1.29 is 13.2 Å². The number of nitrogens with zero attached hydrogens (tertiary/aromatic N) is 4. The number of halogens is 3. The van der Waals surface area contributed by atoms with E-state index in [0.717, 1.165) is 62.4 Å². The summed E-state index contributed by atoms with van der Waals surface area (Å²) in [4.78, 5) is 12.8. The fourth-order valence-electron chi connectivity index (χ4n) is 2.84. The van der Waals surface area contributed by atoms with Crippen LogP contribution in [0.1, 0.15) is 30.5 Å². The third kappa shape index (κ3) is 8.02. The molecule has 0 spiro atoms. The van der Waals surface area contributed by atoms with E-state index in [1.807, 2.05) is 6.92 Å². The van der Waals surface area contributed by atoms with E-state index >= 15 is 0 Å². The Hall–Kier alpha value is -1.39. The van der Waals surface area contributed by atoms with E-state index in [1.54, 1.807) is 0 Å². The Kier molecular flexibility index (Phi) is 8.78. The highest BCUT2D eigenvalue weighted by Gasteiger charge is 2.33. The van der Waals surface area contributed by atoms with Crippen LogP contribution in [0.3, 0.4) is 0 Å². The lowest BCUT2D eigenvalue weighted by atomic mass is 10.3. The molecule has 0 aliphatic carbocycles. The van der Waals surface area contributed by atoms with Crippen LogP contribution in [0.5, 0.6) is 0 Å². The second-order valence-electron chi connectivity index (χ2n) is 6.60. The van der Waals surface area contributed by atoms with Crippen LogP contribution < -0.4 is 10.6 Å². The molecule has 0 aromatic carbocycles. The minimum atomic E-state index is -4.40. The normalized spacial score (nSPS) is 17.7. The summed E-state index contributed by atoms with van der Waals surface area (Å²) in [7, 11) is 2.16. The number of likely N-dealkylation sites (N-methyl/N-ethyl adjacent to an activating group) is 1. The van der Waals surface area contributed by atoms with E-state index in [2.05, 4.69) is 37.5 Å². The van der Waals surface area contributed by atoms with Crippen molar-refractivity contribution in [3.05, 3.63) is 16.1 Å². The van der Waals surface area contributed by atoms with E-state index in [1.165, 1.54) is 6.42 Å². The van der Waals surface area contributed by atoms with E-state index in [9.17, 15) is 13.2 Å². The molecule has 1 aliphatic rings. The van der Waals surface area contributed by atoms with Crippen LogP contribution in [0.15, 0.2) is 10.4 Å². The molecule has 6 nitrogen and oxygen atoms in total. The molecular formula is C17H29F3N6S.